The highest BCUT2D eigenvalue weighted by atomic mass is 32.1. The van der Waals surface area contributed by atoms with Gasteiger partial charge in [-0.25, -0.2) is 4.98 Å². The minimum Gasteiger partial charge on any atom is -0.507 e. The molecule has 5 rings (SSSR count). The standard InChI is InChI=1S/C33H34N2O6S/c1-4-7-18-41-24-10-8-9-22(19-24)29-28(30(36)21-11-13-23(14-12-21)40-17-5-2)31(37)32(38)35(29)33-34-26-16-15-25(39-6-3)20-27(26)42-33/h8-16,19-20,29,36H,4-7,17-18H2,1-3H3/b30-28+. The normalized spacial score (nSPS) is 16.3. The second-order valence-electron chi connectivity index (χ2n) is 9.88. The number of aromatic nitrogens is 1. The molecule has 1 aliphatic rings. The van der Waals surface area contributed by atoms with Gasteiger partial charge in [-0.1, -0.05) is 43.7 Å². The number of ether oxygens (including phenoxy) is 3. The lowest BCUT2D eigenvalue weighted by Gasteiger charge is -2.23. The number of carbonyl (C=O) groups is 2. The molecule has 0 radical (unpaired) electrons. The van der Waals surface area contributed by atoms with Gasteiger partial charge < -0.3 is 19.3 Å². The van der Waals surface area contributed by atoms with E-state index < -0.39 is 17.7 Å². The number of Topliss-reactive ketones (excluding diaryl/α,β-unsaturated/α-hetero) is 1. The Balaban J connectivity index is 1.62. The Kier molecular flexibility index (Phi) is 9.07. The van der Waals surface area contributed by atoms with Gasteiger partial charge in [-0.2, -0.15) is 0 Å². The Labute approximate surface area is 249 Å². The molecule has 1 N–H and O–H groups in total. The minimum atomic E-state index is -0.914. The molecular formula is C33H34N2O6S. The number of anilines is 1. The van der Waals surface area contributed by atoms with E-state index in [4.69, 9.17) is 19.2 Å². The molecule has 0 spiro atoms. The summed E-state index contributed by atoms with van der Waals surface area (Å²) in [4.78, 5) is 33.4. The molecule has 1 amide bonds. The smallest absolute Gasteiger partial charge is 0.301 e. The predicted molar refractivity (Wildman–Crippen MR) is 165 cm³/mol. The third kappa shape index (κ3) is 5.97. The number of rotatable bonds is 12. The highest BCUT2D eigenvalue weighted by molar-refractivity contribution is 7.22. The Bertz CT molecular complexity index is 1610. The van der Waals surface area contributed by atoms with Crippen molar-refractivity contribution in [3.8, 4) is 17.2 Å². The highest BCUT2D eigenvalue weighted by Gasteiger charge is 2.48. The van der Waals surface area contributed by atoms with Crippen LogP contribution < -0.4 is 19.1 Å². The van der Waals surface area contributed by atoms with Crippen LogP contribution in [0, 0.1) is 0 Å². The summed E-state index contributed by atoms with van der Waals surface area (Å²) in [5.41, 5.74) is 1.70. The maximum atomic E-state index is 13.7. The van der Waals surface area contributed by atoms with Gasteiger partial charge in [0.2, 0.25) is 0 Å². The molecule has 0 saturated carbocycles. The van der Waals surface area contributed by atoms with Gasteiger partial charge in [0.15, 0.2) is 5.13 Å². The van der Waals surface area contributed by atoms with Crippen LogP contribution in [0.15, 0.2) is 72.3 Å². The lowest BCUT2D eigenvalue weighted by atomic mass is 9.95. The maximum Gasteiger partial charge on any atom is 0.301 e. The van der Waals surface area contributed by atoms with Gasteiger partial charge in [-0.15, -0.1) is 0 Å². The number of fused-ring (bicyclic) bond motifs is 1. The summed E-state index contributed by atoms with van der Waals surface area (Å²) in [5.74, 6) is 0.168. The van der Waals surface area contributed by atoms with Gasteiger partial charge >= 0.3 is 5.91 Å². The largest absolute Gasteiger partial charge is 0.507 e. The molecule has 218 valence electrons. The molecule has 1 aliphatic heterocycles. The number of aliphatic hydroxyl groups excluding tert-OH is 1. The number of benzene rings is 3. The molecule has 2 heterocycles. The van der Waals surface area contributed by atoms with E-state index in [-0.39, 0.29) is 11.3 Å². The molecule has 1 unspecified atom stereocenters. The van der Waals surface area contributed by atoms with E-state index in [1.165, 1.54) is 16.2 Å². The van der Waals surface area contributed by atoms with E-state index in [2.05, 4.69) is 6.92 Å². The molecule has 0 aliphatic carbocycles. The van der Waals surface area contributed by atoms with Gasteiger partial charge in [0.1, 0.15) is 23.0 Å². The van der Waals surface area contributed by atoms with Crippen molar-refractivity contribution in [2.24, 2.45) is 0 Å². The van der Waals surface area contributed by atoms with Crippen molar-refractivity contribution < 1.29 is 28.9 Å². The van der Waals surface area contributed by atoms with E-state index in [1.54, 1.807) is 24.3 Å². The molecule has 1 saturated heterocycles. The summed E-state index contributed by atoms with van der Waals surface area (Å²) in [6.45, 7) is 7.66. The van der Waals surface area contributed by atoms with Gasteiger partial charge in [-0.05, 0) is 79.9 Å². The zero-order valence-electron chi connectivity index (χ0n) is 24.0. The Morgan fingerprint density at radius 2 is 1.62 bits per heavy atom. The number of hydrogen-bond donors (Lipinski definition) is 1. The van der Waals surface area contributed by atoms with Crippen molar-refractivity contribution in [1.82, 2.24) is 4.98 Å². The van der Waals surface area contributed by atoms with E-state index in [9.17, 15) is 14.7 Å². The average molecular weight is 587 g/mol. The Morgan fingerprint density at radius 1 is 0.881 bits per heavy atom. The fourth-order valence-corrected chi connectivity index (χ4v) is 5.81. The van der Waals surface area contributed by atoms with Crippen molar-refractivity contribution in [1.29, 1.82) is 0 Å². The van der Waals surface area contributed by atoms with Gasteiger partial charge in [-0.3, -0.25) is 14.5 Å². The maximum absolute atomic E-state index is 13.7. The van der Waals surface area contributed by atoms with E-state index >= 15 is 0 Å². The summed E-state index contributed by atoms with van der Waals surface area (Å²) in [6, 6.07) is 18.8. The van der Waals surface area contributed by atoms with Crippen LogP contribution in [0.3, 0.4) is 0 Å². The fourth-order valence-electron chi connectivity index (χ4n) is 4.79. The highest BCUT2D eigenvalue weighted by Crippen LogP contribution is 2.45. The van der Waals surface area contributed by atoms with Crippen LogP contribution in [-0.4, -0.2) is 41.6 Å². The van der Waals surface area contributed by atoms with Crippen LogP contribution in [-0.2, 0) is 9.59 Å². The number of ketones is 1. The van der Waals surface area contributed by atoms with Crippen molar-refractivity contribution in [2.75, 3.05) is 24.7 Å². The summed E-state index contributed by atoms with van der Waals surface area (Å²) < 4.78 is 18.1. The van der Waals surface area contributed by atoms with Crippen LogP contribution in [0.5, 0.6) is 17.2 Å². The molecule has 4 aromatic rings. The van der Waals surface area contributed by atoms with Gasteiger partial charge in [0, 0.05) is 5.56 Å². The summed E-state index contributed by atoms with van der Waals surface area (Å²) in [7, 11) is 0. The van der Waals surface area contributed by atoms with E-state index in [1.807, 2.05) is 56.3 Å². The molecule has 1 fully saturated rings. The molecule has 1 aromatic heterocycles. The summed E-state index contributed by atoms with van der Waals surface area (Å²) in [5, 5.41) is 11.9. The first-order valence-corrected chi connectivity index (χ1v) is 15.1. The third-order valence-electron chi connectivity index (χ3n) is 6.85. The average Bonchev–Trinajstić information content (AvgIpc) is 3.54. The molecule has 0 bridgehead atoms. The first-order chi connectivity index (χ1) is 20.4. The van der Waals surface area contributed by atoms with Crippen LogP contribution in [0.2, 0.25) is 0 Å². The number of nitrogens with zero attached hydrogens (tertiary/aromatic N) is 2. The lowest BCUT2D eigenvalue weighted by molar-refractivity contribution is -0.132. The monoisotopic (exact) mass is 586 g/mol. The quantitative estimate of drug-likeness (QED) is 0.0806. The van der Waals surface area contributed by atoms with Gasteiger partial charge in [0.25, 0.3) is 5.78 Å². The van der Waals surface area contributed by atoms with E-state index in [0.717, 1.165) is 24.0 Å². The summed E-state index contributed by atoms with van der Waals surface area (Å²) in [6.07, 6.45) is 2.76. The SMILES string of the molecule is CCCCOc1cccc(C2/C(=C(\O)c3ccc(OCCC)cc3)C(=O)C(=O)N2c2nc3ccc(OCC)cc3s2)c1. The molecule has 9 heteroatoms. The minimum absolute atomic E-state index is 0.0119. The first-order valence-electron chi connectivity index (χ1n) is 14.3. The Morgan fingerprint density at radius 3 is 2.36 bits per heavy atom. The number of carbonyl (C=O) groups excluding carboxylic acids is 2. The number of unbranched alkanes of at least 4 members (excludes halogenated alkanes) is 1. The van der Waals surface area contributed by atoms with E-state index in [0.29, 0.717) is 58.8 Å². The predicted octanol–water partition coefficient (Wildman–Crippen LogP) is 7.29. The number of amides is 1. The third-order valence-corrected chi connectivity index (χ3v) is 7.87. The van der Waals surface area contributed by atoms with Gasteiger partial charge in [0.05, 0.1) is 41.7 Å². The van der Waals surface area contributed by atoms with Crippen LogP contribution in [0.4, 0.5) is 5.13 Å². The number of thiazole rings is 1. The fraction of sp³-hybridized carbons (Fsp3) is 0.303. The number of hydrogen-bond acceptors (Lipinski definition) is 8. The van der Waals surface area contributed by atoms with Crippen LogP contribution >= 0.6 is 11.3 Å². The topological polar surface area (TPSA) is 98.2 Å². The number of aliphatic hydroxyl groups is 1. The molecule has 1 atom stereocenters. The second kappa shape index (κ2) is 13.1. The van der Waals surface area contributed by atoms with Crippen LogP contribution in [0.25, 0.3) is 16.0 Å². The molecular weight excluding hydrogens is 552 g/mol. The van der Waals surface area contributed by atoms with Crippen molar-refractivity contribution in [3.05, 3.63) is 83.4 Å². The second-order valence-corrected chi connectivity index (χ2v) is 10.9. The van der Waals surface area contributed by atoms with Crippen LogP contribution in [0.1, 0.15) is 57.2 Å². The lowest BCUT2D eigenvalue weighted by Crippen LogP contribution is -2.29. The molecule has 8 nitrogen and oxygen atoms in total. The summed E-state index contributed by atoms with van der Waals surface area (Å²) >= 11 is 1.29. The van der Waals surface area contributed by atoms with Crippen molar-refractivity contribution in [2.45, 2.75) is 46.1 Å². The first kappa shape index (κ1) is 29.1. The molecule has 42 heavy (non-hydrogen) atoms. The van der Waals surface area contributed by atoms with Crippen molar-refractivity contribution in [3.63, 3.8) is 0 Å². The Hall–Kier alpha value is -4.37. The zero-order valence-corrected chi connectivity index (χ0v) is 24.8. The van der Waals surface area contributed by atoms with Crippen molar-refractivity contribution >= 4 is 44.1 Å². The zero-order chi connectivity index (χ0) is 29.6. The molecule has 3 aromatic carbocycles.